The molecule has 0 radical (unpaired) electrons. The number of Topliss-reactive ketones (excluding diaryl/α,β-unsaturated/α-hetero) is 1. The van der Waals surface area contributed by atoms with Crippen molar-refractivity contribution in [2.24, 2.45) is 0 Å². The molecule has 3 N–H and O–H groups in total. The number of amides is 1. The molecule has 1 aliphatic heterocycles. The van der Waals surface area contributed by atoms with E-state index in [1.165, 1.54) is 36.4 Å². The number of rotatable bonds is 6. The summed E-state index contributed by atoms with van der Waals surface area (Å²) in [6, 6.07) is 20.4. The third-order valence-corrected chi connectivity index (χ3v) is 6.32. The summed E-state index contributed by atoms with van der Waals surface area (Å²) in [5.41, 5.74) is -0.568. The van der Waals surface area contributed by atoms with Gasteiger partial charge in [0.05, 0.1) is 11.3 Å². The molecule has 1 atom stereocenters. The van der Waals surface area contributed by atoms with Gasteiger partial charge in [-0.05, 0) is 42.5 Å². The van der Waals surface area contributed by atoms with Crippen molar-refractivity contribution in [1.82, 2.24) is 0 Å². The average Bonchev–Trinajstić information content (AvgIpc) is 2.99. The number of ketones is 1. The van der Waals surface area contributed by atoms with Crippen LogP contribution in [0.3, 0.4) is 0 Å². The standard InChI is InChI=1S/C22H18N2O5S/c25-20(14-22(27)18-8-4-5-9-19(18)23-21(22)26)15-10-12-16(13-11-15)24-30(28,29)17-6-2-1-3-7-17/h1-13,24,27H,14H2,(H,23,26). The van der Waals surface area contributed by atoms with Crippen LogP contribution in [0.5, 0.6) is 0 Å². The number of aliphatic hydroxyl groups is 1. The molecule has 0 bridgehead atoms. The van der Waals surface area contributed by atoms with E-state index in [0.29, 0.717) is 11.3 Å². The van der Waals surface area contributed by atoms with Gasteiger partial charge in [-0.1, -0.05) is 36.4 Å². The lowest BCUT2D eigenvalue weighted by Gasteiger charge is -2.20. The molecular weight excluding hydrogens is 404 g/mol. The molecule has 3 aromatic carbocycles. The quantitative estimate of drug-likeness (QED) is 0.529. The maximum atomic E-state index is 12.7. The van der Waals surface area contributed by atoms with Crippen LogP contribution in [0.15, 0.2) is 83.8 Å². The van der Waals surface area contributed by atoms with Crippen LogP contribution in [-0.4, -0.2) is 25.2 Å². The average molecular weight is 422 g/mol. The Labute approximate surface area is 173 Å². The molecule has 8 heteroatoms. The van der Waals surface area contributed by atoms with Gasteiger partial charge in [-0.2, -0.15) is 0 Å². The Hall–Kier alpha value is -3.49. The first kappa shape index (κ1) is 19.8. The topological polar surface area (TPSA) is 113 Å². The zero-order valence-electron chi connectivity index (χ0n) is 15.7. The lowest BCUT2D eigenvalue weighted by atomic mass is 9.88. The highest BCUT2D eigenvalue weighted by atomic mass is 32.2. The zero-order valence-corrected chi connectivity index (χ0v) is 16.5. The molecule has 0 saturated carbocycles. The summed E-state index contributed by atoms with van der Waals surface area (Å²) in [5.74, 6) is -1.09. The molecule has 1 heterocycles. The second kappa shape index (κ2) is 7.40. The first-order chi connectivity index (χ1) is 14.3. The molecule has 30 heavy (non-hydrogen) atoms. The van der Waals surface area contributed by atoms with Gasteiger partial charge in [-0.25, -0.2) is 8.42 Å². The minimum absolute atomic E-state index is 0.123. The van der Waals surface area contributed by atoms with E-state index in [1.807, 2.05) is 0 Å². The Balaban J connectivity index is 1.51. The number of anilines is 2. The zero-order chi connectivity index (χ0) is 21.4. The van der Waals surface area contributed by atoms with E-state index in [-0.39, 0.29) is 16.1 Å². The molecule has 0 fully saturated rings. The van der Waals surface area contributed by atoms with Gasteiger partial charge in [0, 0.05) is 22.5 Å². The van der Waals surface area contributed by atoms with Crippen LogP contribution in [0.25, 0.3) is 0 Å². The number of benzene rings is 3. The molecule has 0 spiro atoms. The van der Waals surface area contributed by atoms with Crippen molar-refractivity contribution >= 4 is 33.1 Å². The summed E-state index contributed by atoms with van der Waals surface area (Å²) in [6.07, 6.45) is -0.426. The van der Waals surface area contributed by atoms with Crippen LogP contribution >= 0.6 is 0 Å². The van der Waals surface area contributed by atoms with Gasteiger partial charge in [-0.3, -0.25) is 14.3 Å². The lowest BCUT2D eigenvalue weighted by molar-refractivity contribution is -0.133. The van der Waals surface area contributed by atoms with Gasteiger partial charge >= 0.3 is 0 Å². The molecule has 1 aliphatic rings. The van der Waals surface area contributed by atoms with Crippen molar-refractivity contribution in [2.75, 3.05) is 10.0 Å². The van der Waals surface area contributed by atoms with Crippen molar-refractivity contribution in [1.29, 1.82) is 0 Å². The number of carbonyl (C=O) groups excluding carboxylic acids is 2. The summed E-state index contributed by atoms with van der Waals surface area (Å²) in [5, 5.41) is 13.4. The first-order valence-electron chi connectivity index (χ1n) is 9.14. The second-order valence-electron chi connectivity index (χ2n) is 6.96. The Bertz CT molecular complexity index is 1220. The van der Waals surface area contributed by atoms with Gasteiger partial charge in [0.25, 0.3) is 15.9 Å². The fourth-order valence-corrected chi connectivity index (χ4v) is 4.43. The second-order valence-corrected chi connectivity index (χ2v) is 8.64. The predicted octanol–water partition coefficient (Wildman–Crippen LogP) is 2.90. The van der Waals surface area contributed by atoms with Crippen LogP contribution in [0.1, 0.15) is 22.3 Å². The first-order valence-corrected chi connectivity index (χ1v) is 10.6. The molecule has 1 unspecified atom stereocenters. The number of carbonyl (C=O) groups is 2. The molecule has 0 aromatic heterocycles. The minimum Gasteiger partial charge on any atom is -0.375 e. The van der Waals surface area contributed by atoms with Gasteiger partial charge in [0.15, 0.2) is 11.4 Å². The van der Waals surface area contributed by atoms with Crippen LogP contribution in [0.4, 0.5) is 11.4 Å². The van der Waals surface area contributed by atoms with Crippen molar-refractivity contribution < 1.29 is 23.1 Å². The highest BCUT2D eigenvalue weighted by Crippen LogP contribution is 2.38. The van der Waals surface area contributed by atoms with Crippen molar-refractivity contribution in [3.8, 4) is 0 Å². The fourth-order valence-electron chi connectivity index (χ4n) is 3.35. The normalized spacial score (nSPS) is 17.8. The van der Waals surface area contributed by atoms with Gasteiger partial charge in [-0.15, -0.1) is 0 Å². The van der Waals surface area contributed by atoms with E-state index in [0.717, 1.165) is 0 Å². The summed E-state index contributed by atoms with van der Waals surface area (Å²) in [4.78, 5) is 25.1. The number of sulfonamides is 1. The summed E-state index contributed by atoms with van der Waals surface area (Å²) < 4.78 is 27.2. The molecule has 152 valence electrons. The molecule has 1 amide bonds. The summed E-state index contributed by atoms with van der Waals surface area (Å²) in [6.45, 7) is 0. The van der Waals surface area contributed by atoms with Crippen LogP contribution < -0.4 is 10.0 Å². The fraction of sp³-hybridized carbons (Fsp3) is 0.0909. The largest absolute Gasteiger partial charge is 0.375 e. The SMILES string of the molecule is O=C(CC1(O)C(=O)Nc2ccccc21)c1ccc(NS(=O)(=O)c2ccccc2)cc1. The molecule has 0 aliphatic carbocycles. The predicted molar refractivity (Wildman–Crippen MR) is 112 cm³/mol. The maximum absolute atomic E-state index is 12.7. The molecule has 0 saturated heterocycles. The van der Waals surface area contributed by atoms with Crippen LogP contribution in [-0.2, 0) is 20.4 Å². The number of nitrogens with one attached hydrogen (secondary N) is 2. The lowest BCUT2D eigenvalue weighted by Crippen LogP contribution is -2.36. The third-order valence-electron chi connectivity index (χ3n) is 4.93. The Kier molecular flexibility index (Phi) is 4.89. The monoisotopic (exact) mass is 422 g/mol. The minimum atomic E-state index is -3.74. The number of para-hydroxylation sites is 1. The number of fused-ring (bicyclic) bond motifs is 1. The van der Waals surface area contributed by atoms with Crippen molar-refractivity contribution in [3.05, 3.63) is 90.0 Å². The maximum Gasteiger partial charge on any atom is 0.261 e. The third kappa shape index (κ3) is 3.58. The van der Waals surface area contributed by atoms with E-state index in [1.54, 1.807) is 42.5 Å². The van der Waals surface area contributed by atoms with Gasteiger partial charge in [0.1, 0.15) is 0 Å². The number of hydrogen-bond acceptors (Lipinski definition) is 5. The molecule has 4 rings (SSSR count). The van der Waals surface area contributed by atoms with Gasteiger partial charge in [0.2, 0.25) is 0 Å². The Morgan fingerprint density at radius 3 is 2.27 bits per heavy atom. The molecule has 3 aromatic rings. The van der Waals surface area contributed by atoms with E-state index < -0.39 is 33.7 Å². The Morgan fingerprint density at radius 1 is 0.933 bits per heavy atom. The number of hydrogen-bond donors (Lipinski definition) is 3. The van der Waals surface area contributed by atoms with E-state index in [2.05, 4.69) is 10.0 Å². The molecular formula is C22H18N2O5S. The van der Waals surface area contributed by atoms with E-state index >= 15 is 0 Å². The van der Waals surface area contributed by atoms with E-state index in [4.69, 9.17) is 0 Å². The van der Waals surface area contributed by atoms with E-state index in [9.17, 15) is 23.1 Å². The highest BCUT2D eigenvalue weighted by Gasteiger charge is 2.46. The summed E-state index contributed by atoms with van der Waals surface area (Å²) >= 11 is 0. The molecule has 7 nitrogen and oxygen atoms in total. The smallest absolute Gasteiger partial charge is 0.261 e. The highest BCUT2D eigenvalue weighted by molar-refractivity contribution is 7.92. The summed E-state index contributed by atoms with van der Waals surface area (Å²) in [7, 11) is -3.74. The van der Waals surface area contributed by atoms with Gasteiger partial charge < -0.3 is 10.4 Å². The van der Waals surface area contributed by atoms with Crippen molar-refractivity contribution in [2.45, 2.75) is 16.9 Å². The Morgan fingerprint density at radius 2 is 1.57 bits per heavy atom. The van der Waals surface area contributed by atoms with Crippen LogP contribution in [0.2, 0.25) is 0 Å². The van der Waals surface area contributed by atoms with Crippen molar-refractivity contribution in [3.63, 3.8) is 0 Å². The van der Waals surface area contributed by atoms with Crippen LogP contribution in [0, 0.1) is 0 Å².